The van der Waals surface area contributed by atoms with Crippen LogP contribution in [0.4, 0.5) is 0 Å². The molecule has 4 rings (SSSR count). The Morgan fingerprint density at radius 1 is 1.15 bits per heavy atom. The van der Waals surface area contributed by atoms with Crippen LogP contribution in [0.1, 0.15) is 71.8 Å². The van der Waals surface area contributed by atoms with E-state index in [4.69, 9.17) is 9.68 Å². The highest BCUT2D eigenvalue weighted by atomic mass is 16.3. The van der Waals surface area contributed by atoms with E-state index in [0.717, 1.165) is 63.7 Å². The van der Waals surface area contributed by atoms with Gasteiger partial charge in [-0.2, -0.15) is 5.26 Å². The summed E-state index contributed by atoms with van der Waals surface area (Å²) in [6, 6.07) is 10.3. The highest BCUT2D eigenvalue weighted by Crippen LogP contribution is 2.28. The van der Waals surface area contributed by atoms with Gasteiger partial charge in [0.25, 0.3) is 0 Å². The Balaban J connectivity index is 1.17. The van der Waals surface area contributed by atoms with Crippen LogP contribution in [0.5, 0.6) is 0 Å². The molecule has 1 saturated carbocycles. The molecular weight excluding hydrogens is 426 g/mol. The molecule has 1 N–H and O–H groups in total. The highest BCUT2D eigenvalue weighted by Gasteiger charge is 2.23. The van der Waals surface area contributed by atoms with Crippen LogP contribution in [0, 0.1) is 17.2 Å². The highest BCUT2D eigenvalue weighted by molar-refractivity contribution is 5.97. The third kappa shape index (κ3) is 6.24. The number of nitriles is 1. The second kappa shape index (κ2) is 11.3. The molecule has 0 radical (unpaired) electrons. The smallest absolute Gasteiger partial charge is 0.244 e. The van der Waals surface area contributed by atoms with Gasteiger partial charge in [0.2, 0.25) is 5.91 Å². The number of carbonyl (C=O) groups excluding carboxylic acids is 2. The summed E-state index contributed by atoms with van der Waals surface area (Å²) in [5.41, 5.74) is 4.11. The van der Waals surface area contributed by atoms with Crippen LogP contribution in [-0.2, 0) is 17.6 Å². The second-order valence-electron chi connectivity index (χ2n) is 9.55. The molecule has 1 aromatic heterocycles. The van der Waals surface area contributed by atoms with Gasteiger partial charge in [-0.25, -0.2) is 0 Å². The van der Waals surface area contributed by atoms with Gasteiger partial charge >= 0.3 is 0 Å². The van der Waals surface area contributed by atoms with Gasteiger partial charge in [0.15, 0.2) is 11.5 Å². The number of benzene rings is 1. The Hall–Kier alpha value is -3.17. The fraction of sp³-hybridized carbons (Fsp3) is 0.464. The Bertz CT molecular complexity index is 1090. The van der Waals surface area contributed by atoms with E-state index in [1.54, 1.807) is 12.1 Å². The van der Waals surface area contributed by atoms with Crippen LogP contribution >= 0.6 is 0 Å². The molecule has 6 heteroatoms. The molecule has 2 heterocycles. The minimum absolute atomic E-state index is 0.122. The molecular formula is C28H33N3O3. The van der Waals surface area contributed by atoms with Gasteiger partial charge in [0, 0.05) is 37.7 Å². The number of hydrogen-bond acceptors (Lipinski definition) is 5. The first kappa shape index (κ1) is 24.0. The first-order valence-electron chi connectivity index (χ1n) is 12.3. The van der Waals surface area contributed by atoms with Crippen molar-refractivity contribution in [3.05, 3.63) is 64.6 Å². The van der Waals surface area contributed by atoms with Crippen molar-refractivity contribution in [2.75, 3.05) is 19.6 Å². The van der Waals surface area contributed by atoms with Crippen molar-refractivity contribution < 1.29 is 14.0 Å². The normalized spacial score (nSPS) is 20.9. The van der Waals surface area contributed by atoms with Gasteiger partial charge in [-0.05, 0) is 92.8 Å². The van der Waals surface area contributed by atoms with E-state index in [9.17, 15) is 9.59 Å². The number of carbonyl (C=O) groups is 2. The molecule has 1 fully saturated rings. The summed E-state index contributed by atoms with van der Waals surface area (Å²) in [6.07, 6.45) is 12.2. The fourth-order valence-electron chi connectivity index (χ4n) is 5.18. The van der Waals surface area contributed by atoms with Crippen molar-refractivity contribution in [2.45, 2.75) is 57.9 Å². The predicted molar refractivity (Wildman–Crippen MR) is 131 cm³/mol. The van der Waals surface area contributed by atoms with Crippen LogP contribution < -0.4 is 5.32 Å². The summed E-state index contributed by atoms with van der Waals surface area (Å²) in [7, 11) is 0. The molecule has 2 aliphatic rings. The molecule has 1 aliphatic heterocycles. The number of nitrogens with one attached hydrogen (secondary N) is 1. The summed E-state index contributed by atoms with van der Waals surface area (Å²) >= 11 is 0. The third-order valence-electron chi connectivity index (χ3n) is 7.21. The Morgan fingerprint density at radius 3 is 2.65 bits per heavy atom. The van der Waals surface area contributed by atoms with Crippen LogP contribution in [0.3, 0.4) is 0 Å². The fourth-order valence-corrected chi connectivity index (χ4v) is 5.18. The third-order valence-corrected chi connectivity index (χ3v) is 7.21. The molecule has 6 nitrogen and oxygen atoms in total. The lowest BCUT2D eigenvalue weighted by molar-refractivity contribution is -0.117. The zero-order valence-electron chi connectivity index (χ0n) is 19.9. The summed E-state index contributed by atoms with van der Waals surface area (Å²) in [5, 5.41) is 12.3. The first-order chi connectivity index (χ1) is 16.5. The van der Waals surface area contributed by atoms with Gasteiger partial charge in [-0.15, -0.1) is 0 Å². The molecule has 1 aliphatic carbocycles. The molecule has 0 atom stereocenters. The zero-order valence-corrected chi connectivity index (χ0v) is 19.9. The Labute approximate surface area is 201 Å². The van der Waals surface area contributed by atoms with Crippen molar-refractivity contribution >= 4 is 17.8 Å². The standard InChI is InChI=1S/C28H33N3O3/c1-20(32)28-24(13-17-34-28)6-9-27(33)30-26-7-3-21(4-8-26)10-14-31-15-11-23-5-2-22(19-29)18-25(23)12-16-31/h2,5-6,9,13,17-18,21,26H,3-4,7-8,10-12,14-16H2,1H3,(H,30,33)/b9-6+. The van der Waals surface area contributed by atoms with Gasteiger partial charge in [-0.3, -0.25) is 9.59 Å². The summed E-state index contributed by atoms with van der Waals surface area (Å²) < 4.78 is 5.17. The number of rotatable bonds is 7. The van der Waals surface area contributed by atoms with Gasteiger partial charge in [0.1, 0.15) is 0 Å². The van der Waals surface area contributed by atoms with E-state index in [2.05, 4.69) is 28.4 Å². The largest absolute Gasteiger partial charge is 0.461 e. The number of amides is 1. The minimum Gasteiger partial charge on any atom is -0.461 e. The van der Waals surface area contributed by atoms with Gasteiger partial charge in [0.05, 0.1) is 17.9 Å². The Kier molecular flexibility index (Phi) is 7.97. The van der Waals surface area contributed by atoms with E-state index in [0.29, 0.717) is 11.5 Å². The van der Waals surface area contributed by atoms with Crippen LogP contribution in [0.15, 0.2) is 41.0 Å². The summed E-state index contributed by atoms with van der Waals surface area (Å²) in [5.74, 6) is 0.720. The van der Waals surface area contributed by atoms with E-state index in [1.807, 2.05) is 6.07 Å². The lowest BCUT2D eigenvalue weighted by atomic mass is 9.84. The molecule has 0 bridgehead atoms. The lowest BCUT2D eigenvalue weighted by Gasteiger charge is -2.30. The molecule has 2 aromatic rings. The topological polar surface area (TPSA) is 86.3 Å². The van der Waals surface area contributed by atoms with E-state index in [-0.39, 0.29) is 23.5 Å². The number of nitrogens with zero attached hydrogens (tertiary/aromatic N) is 2. The van der Waals surface area contributed by atoms with Crippen LogP contribution in [-0.4, -0.2) is 42.3 Å². The molecule has 0 saturated heterocycles. The summed E-state index contributed by atoms with van der Waals surface area (Å²) in [6.45, 7) is 4.71. The second-order valence-corrected chi connectivity index (χ2v) is 9.55. The SMILES string of the molecule is CC(=O)c1occc1/C=C/C(=O)NC1CCC(CCN2CCc3ccc(C#N)cc3CC2)CC1. The van der Waals surface area contributed by atoms with Crippen molar-refractivity contribution in [2.24, 2.45) is 5.92 Å². The quantitative estimate of drug-likeness (QED) is 0.485. The molecule has 0 spiro atoms. The van der Waals surface area contributed by atoms with E-state index >= 15 is 0 Å². The van der Waals surface area contributed by atoms with Crippen molar-refractivity contribution in [1.82, 2.24) is 10.2 Å². The van der Waals surface area contributed by atoms with Gasteiger partial charge < -0.3 is 14.6 Å². The summed E-state index contributed by atoms with van der Waals surface area (Å²) in [4.78, 5) is 26.4. The van der Waals surface area contributed by atoms with E-state index < -0.39 is 0 Å². The van der Waals surface area contributed by atoms with Gasteiger partial charge in [-0.1, -0.05) is 6.07 Å². The van der Waals surface area contributed by atoms with Crippen LogP contribution in [0.25, 0.3) is 6.08 Å². The molecule has 178 valence electrons. The maximum absolute atomic E-state index is 12.3. The van der Waals surface area contributed by atoms with E-state index in [1.165, 1.54) is 36.8 Å². The number of fused-ring (bicyclic) bond motifs is 1. The number of hydrogen-bond donors (Lipinski definition) is 1. The first-order valence-corrected chi connectivity index (χ1v) is 12.3. The average Bonchev–Trinajstić information content (AvgIpc) is 3.23. The molecule has 1 amide bonds. The predicted octanol–water partition coefficient (Wildman–Crippen LogP) is 4.53. The van der Waals surface area contributed by atoms with Crippen molar-refractivity contribution in [3.8, 4) is 6.07 Å². The Morgan fingerprint density at radius 2 is 1.91 bits per heavy atom. The van der Waals surface area contributed by atoms with Crippen molar-refractivity contribution in [1.29, 1.82) is 5.26 Å². The maximum Gasteiger partial charge on any atom is 0.244 e. The average molecular weight is 460 g/mol. The molecule has 0 unspecified atom stereocenters. The monoisotopic (exact) mass is 459 g/mol. The molecule has 1 aromatic carbocycles. The van der Waals surface area contributed by atoms with Crippen LogP contribution in [0.2, 0.25) is 0 Å². The maximum atomic E-state index is 12.3. The number of ketones is 1. The van der Waals surface area contributed by atoms with Crippen molar-refractivity contribution in [3.63, 3.8) is 0 Å². The number of Topliss-reactive ketones (excluding diaryl/α,β-unsaturated/α-hetero) is 1. The lowest BCUT2D eigenvalue weighted by Crippen LogP contribution is -2.37. The number of furan rings is 1. The minimum atomic E-state index is -0.152. The molecule has 34 heavy (non-hydrogen) atoms. The zero-order chi connectivity index (χ0) is 23.9.